The monoisotopic (exact) mass is 268 g/mol. The molecule has 0 spiro atoms. The quantitative estimate of drug-likeness (QED) is 0.382. The van der Waals surface area contributed by atoms with Crippen molar-refractivity contribution < 1.29 is 10.0 Å². The van der Waals surface area contributed by atoms with Crippen LogP contribution in [-0.2, 0) is 0 Å². The van der Waals surface area contributed by atoms with Gasteiger partial charge in [-0.25, -0.2) is 15.8 Å². The van der Waals surface area contributed by atoms with Crippen LogP contribution in [0.5, 0.6) is 0 Å². The van der Waals surface area contributed by atoms with Crippen molar-refractivity contribution in [2.45, 2.75) is 12.8 Å². The van der Waals surface area contributed by atoms with E-state index in [0.29, 0.717) is 25.4 Å². The maximum absolute atomic E-state index is 11.1. The highest BCUT2D eigenvalue weighted by Gasteiger charge is 2.31. The molecule has 2 rings (SSSR count). The first kappa shape index (κ1) is 13.4. The van der Waals surface area contributed by atoms with Crippen LogP contribution in [0.1, 0.15) is 12.8 Å². The molecule has 9 heteroatoms. The van der Waals surface area contributed by atoms with Crippen molar-refractivity contribution in [3.05, 3.63) is 16.4 Å². The molecule has 0 bridgehead atoms. The molecule has 0 radical (unpaired) electrons. The first-order chi connectivity index (χ1) is 9.17. The van der Waals surface area contributed by atoms with Gasteiger partial charge in [-0.05, 0) is 18.8 Å². The van der Waals surface area contributed by atoms with Crippen molar-refractivity contribution >= 4 is 17.3 Å². The number of nitrogens with zero attached hydrogens (tertiary/aromatic N) is 4. The van der Waals surface area contributed by atoms with Gasteiger partial charge in [-0.15, -0.1) is 0 Å². The van der Waals surface area contributed by atoms with Gasteiger partial charge in [0.2, 0.25) is 11.6 Å². The van der Waals surface area contributed by atoms with Gasteiger partial charge in [0.15, 0.2) is 0 Å². The molecule has 1 atom stereocenters. The molecule has 1 saturated heterocycles. The molecule has 1 aliphatic rings. The Morgan fingerprint density at radius 1 is 1.63 bits per heavy atom. The van der Waals surface area contributed by atoms with Crippen LogP contribution < -0.4 is 16.2 Å². The number of aliphatic hydroxyl groups is 1. The summed E-state index contributed by atoms with van der Waals surface area (Å²) in [5.74, 6) is 5.83. The normalized spacial score (nSPS) is 18.6. The minimum absolute atomic E-state index is 0.000563. The number of anilines is 2. The molecule has 1 fully saturated rings. The molecule has 0 aliphatic carbocycles. The van der Waals surface area contributed by atoms with Gasteiger partial charge in [-0.3, -0.25) is 10.1 Å². The number of nitro groups is 1. The lowest BCUT2D eigenvalue weighted by Crippen LogP contribution is -2.23. The molecular formula is C10H16N6O3. The fourth-order valence-corrected chi connectivity index (χ4v) is 2.32. The predicted molar refractivity (Wildman–Crippen MR) is 68.5 cm³/mol. The summed E-state index contributed by atoms with van der Waals surface area (Å²) in [5, 5.41) is 20.1. The summed E-state index contributed by atoms with van der Waals surface area (Å²) in [4.78, 5) is 20.2. The van der Waals surface area contributed by atoms with E-state index in [2.05, 4.69) is 15.4 Å². The zero-order valence-corrected chi connectivity index (χ0v) is 10.3. The molecule has 4 N–H and O–H groups in total. The Kier molecular flexibility index (Phi) is 4.07. The lowest BCUT2D eigenvalue weighted by molar-refractivity contribution is -0.383. The number of hydrogen-bond donors (Lipinski definition) is 3. The minimum Gasteiger partial charge on any atom is -0.396 e. The SMILES string of the molecule is NNc1ncnc(N2CCC(CCO)C2)c1[N+](=O)[O-]. The molecule has 1 aromatic heterocycles. The first-order valence-electron chi connectivity index (χ1n) is 5.99. The second kappa shape index (κ2) is 5.76. The van der Waals surface area contributed by atoms with E-state index in [1.165, 1.54) is 6.33 Å². The fraction of sp³-hybridized carbons (Fsp3) is 0.600. The fourth-order valence-electron chi connectivity index (χ4n) is 2.32. The van der Waals surface area contributed by atoms with E-state index in [0.717, 1.165) is 6.42 Å². The second-order valence-corrected chi connectivity index (χ2v) is 4.41. The summed E-state index contributed by atoms with van der Waals surface area (Å²) in [5.41, 5.74) is 2.00. The van der Waals surface area contributed by atoms with Gasteiger partial charge < -0.3 is 15.4 Å². The first-order valence-corrected chi connectivity index (χ1v) is 5.99. The van der Waals surface area contributed by atoms with Gasteiger partial charge >= 0.3 is 5.69 Å². The van der Waals surface area contributed by atoms with Crippen LogP contribution in [0.2, 0.25) is 0 Å². The summed E-state index contributed by atoms with van der Waals surface area (Å²) in [6, 6.07) is 0. The smallest absolute Gasteiger partial charge is 0.354 e. The zero-order chi connectivity index (χ0) is 13.8. The van der Waals surface area contributed by atoms with E-state index in [1.54, 1.807) is 0 Å². The Bertz CT molecular complexity index is 469. The predicted octanol–water partition coefficient (Wildman–Crippen LogP) is -0.121. The van der Waals surface area contributed by atoms with E-state index in [9.17, 15) is 10.1 Å². The molecule has 0 saturated carbocycles. The molecule has 0 aromatic carbocycles. The second-order valence-electron chi connectivity index (χ2n) is 4.41. The summed E-state index contributed by atoms with van der Waals surface area (Å²) in [6.07, 6.45) is 2.82. The van der Waals surface area contributed by atoms with Gasteiger partial charge in [-0.2, -0.15) is 0 Å². The van der Waals surface area contributed by atoms with Crippen LogP contribution in [0.4, 0.5) is 17.3 Å². The van der Waals surface area contributed by atoms with E-state index in [-0.39, 0.29) is 23.9 Å². The van der Waals surface area contributed by atoms with Gasteiger partial charge in [0, 0.05) is 19.7 Å². The van der Waals surface area contributed by atoms with Crippen LogP contribution >= 0.6 is 0 Å². The molecule has 19 heavy (non-hydrogen) atoms. The molecule has 1 unspecified atom stereocenters. The Morgan fingerprint density at radius 2 is 2.42 bits per heavy atom. The number of nitrogens with two attached hydrogens (primary N) is 1. The third kappa shape index (κ3) is 2.71. The van der Waals surface area contributed by atoms with E-state index < -0.39 is 4.92 Å². The largest absolute Gasteiger partial charge is 0.396 e. The van der Waals surface area contributed by atoms with Gasteiger partial charge in [0.25, 0.3) is 0 Å². The van der Waals surface area contributed by atoms with E-state index in [4.69, 9.17) is 10.9 Å². The Balaban J connectivity index is 2.28. The number of rotatable bonds is 5. The molecule has 0 amide bonds. The summed E-state index contributed by atoms with van der Waals surface area (Å²) in [7, 11) is 0. The maximum atomic E-state index is 11.1. The van der Waals surface area contributed by atoms with Crippen molar-refractivity contribution in [3.8, 4) is 0 Å². The van der Waals surface area contributed by atoms with Crippen molar-refractivity contribution in [2.75, 3.05) is 30.0 Å². The van der Waals surface area contributed by atoms with Gasteiger partial charge in [0.05, 0.1) is 4.92 Å². The molecule has 9 nitrogen and oxygen atoms in total. The average molecular weight is 268 g/mol. The number of hydrazine groups is 1. The molecule has 104 valence electrons. The van der Waals surface area contributed by atoms with Crippen molar-refractivity contribution in [2.24, 2.45) is 11.8 Å². The number of aromatic nitrogens is 2. The van der Waals surface area contributed by atoms with Crippen LogP contribution in [0.3, 0.4) is 0 Å². The van der Waals surface area contributed by atoms with Crippen LogP contribution in [0.25, 0.3) is 0 Å². The standard InChI is InChI=1S/C10H16N6O3/c11-14-9-8(16(18)19)10(13-6-12-9)15-3-1-7(5-15)2-4-17/h6-7,17H,1-5,11H2,(H,12,13,14). The Labute approximate surface area is 109 Å². The average Bonchev–Trinajstić information content (AvgIpc) is 2.86. The molecule has 2 heterocycles. The summed E-state index contributed by atoms with van der Waals surface area (Å²) >= 11 is 0. The van der Waals surface area contributed by atoms with Crippen molar-refractivity contribution in [1.29, 1.82) is 0 Å². The van der Waals surface area contributed by atoms with Crippen LogP contribution in [0.15, 0.2) is 6.33 Å². The summed E-state index contributed by atoms with van der Waals surface area (Å²) < 4.78 is 0. The number of nitrogen functional groups attached to an aromatic ring is 1. The van der Waals surface area contributed by atoms with E-state index in [1.807, 2.05) is 4.90 Å². The third-order valence-corrected chi connectivity index (χ3v) is 3.24. The highest BCUT2D eigenvalue weighted by Crippen LogP contribution is 2.34. The van der Waals surface area contributed by atoms with Crippen molar-refractivity contribution in [3.63, 3.8) is 0 Å². The van der Waals surface area contributed by atoms with E-state index >= 15 is 0 Å². The lowest BCUT2D eigenvalue weighted by atomic mass is 10.1. The maximum Gasteiger partial charge on any atom is 0.354 e. The van der Waals surface area contributed by atoms with Crippen LogP contribution in [-0.4, -0.2) is 39.7 Å². The number of aliphatic hydroxyl groups excluding tert-OH is 1. The van der Waals surface area contributed by atoms with Crippen LogP contribution in [0, 0.1) is 16.0 Å². The minimum atomic E-state index is -0.538. The highest BCUT2D eigenvalue weighted by molar-refractivity contribution is 5.70. The Morgan fingerprint density at radius 3 is 3.05 bits per heavy atom. The number of hydrogen-bond acceptors (Lipinski definition) is 8. The lowest BCUT2D eigenvalue weighted by Gasteiger charge is -2.17. The molecule has 1 aromatic rings. The highest BCUT2D eigenvalue weighted by atomic mass is 16.6. The van der Waals surface area contributed by atoms with Crippen molar-refractivity contribution in [1.82, 2.24) is 9.97 Å². The summed E-state index contributed by atoms with van der Waals surface area (Å²) in [6.45, 7) is 1.44. The topological polar surface area (TPSA) is 130 Å². The zero-order valence-electron chi connectivity index (χ0n) is 10.3. The van der Waals surface area contributed by atoms with Gasteiger partial charge in [0.1, 0.15) is 6.33 Å². The van der Waals surface area contributed by atoms with Gasteiger partial charge in [-0.1, -0.05) is 0 Å². The Hall–Kier alpha value is -2.00. The number of nitrogens with one attached hydrogen (secondary N) is 1. The third-order valence-electron chi connectivity index (χ3n) is 3.24. The molecule has 1 aliphatic heterocycles. The molecular weight excluding hydrogens is 252 g/mol.